The molecule has 1 fully saturated rings. The number of hydrogen-bond acceptors (Lipinski definition) is 4. The predicted octanol–water partition coefficient (Wildman–Crippen LogP) is 2.87. The second kappa shape index (κ2) is 8.82. The monoisotopic (exact) mass is 392 g/mol. The van der Waals surface area contributed by atoms with Gasteiger partial charge in [0.15, 0.2) is 0 Å². The average molecular weight is 392 g/mol. The Kier molecular flexibility index (Phi) is 6.46. The van der Waals surface area contributed by atoms with Crippen molar-refractivity contribution in [1.82, 2.24) is 9.21 Å². The first-order valence-electron chi connectivity index (χ1n) is 9.12. The van der Waals surface area contributed by atoms with Gasteiger partial charge >= 0.3 is 0 Å². The molecule has 1 heterocycles. The standard InChI is InChI=1S/C20H25FN2O3S/c1-2-26-20-8-6-17(7-9-20)15-22-10-12-23(13-11-22)27(24,25)16-18-4-3-5-19(21)14-18/h3-9,14H,2,10-13,15-16H2,1H3. The molecule has 1 saturated heterocycles. The smallest absolute Gasteiger partial charge is 0.218 e. The van der Waals surface area contributed by atoms with Crippen molar-refractivity contribution in [3.05, 3.63) is 65.5 Å². The van der Waals surface area contributed by atoms with Gasteiger partial charge in [-0.2, -0.15) is 4.31 Å². The largest absolute Gasteiger partial charge is 0.494 e. The Labute approximate surface area is 160 Å². The quantitative estimate of drug-likeness (QED) is 0.727. The van der Waals surface area contributed by atoms with E-state index in [1.54, 1.807) is 6.07 Å². The van der Waals surface area contributed by atoms with Gasteiger partial charge in [-0.15, -0.1) is 0 Å². The molecule has 5 nitrogen and oxygen atoms in total. The normalized spacial score (nSPS) is 16.4. The lowest BCUT2D eigenvalue weighted by atomic mass is 10.2. The summed E-state index contributed by atoms with van der Waals surface area (Å²) in [5, 5.41) is 0. The van der Waals surface area contributed by atoms with Gasteiger partial charge in [0.25, 0.3) is 0 Å². The van der Waals surface area contributed by atoms with Gasteiger partial charge in [0.05, 0.1) is 12.4 Å². The van der Waals surface area contributed by atoms with E-state index < -0.39 is 15.8 Å². The molecule has 7 heteroatoms. The molecule has 0 aromatic heterocycles. The summed E-state index contributed by atoms with van der Waals surface area (Å²) in [4.78, 5) is 2.24. The molecule has 3 rings (SSSR count). The van der Waals surface area contributed by atoms with Crippen LogP contribution in [0.1, 0.15) is 18.1 Å². The van der Waals surface area contributed by atoms with Gasteiger partial charge in [-0.05, 0) is 42.3 Å². The molecular weight excluding hydrogens is 367 g/mol. The predicted molar refractivity (Wildman–Crippen MR) is 103 cm³/mol. The van der Waals surface area contributed by atoms with Crippen LogP contribution in [0.2, 0.25) is 0 Å². The number of hydrogen-bond donors (Lipinski definition) is 0. The molecule has 0 spiro atoms. The fraction of sp³-hybridized carbons (Fsp3) is 0.400. The fourth-order valence-corrected chi connectivity index (χ4v) is 4.71. The number of piperazine rings is 1. The van der Waals surface area contributed by atoms with Crippen LogP contribution in [-0.4, -0.2) is 50.4 Å². The van der Waals surface area contributed by atoms with E-state index >= 15 is 0 Å². The van der Waals surface area contributed by atoms with Crippen LogP contribution in [-0.2, 0) is 22.3 Å². The summed E-state index contributed by atoms with van der Waals surface area (Å²) < 4.78 is 45.4. The molecule has 1 aliphatic rings. The fourth-order valence-electron chi connectivity index (χ4n) is 3.21. The number of ether oxygens (including phenoxy) is 1. The topological polar surface area (TPSA) is 49.9 Å². The van der Waals surface area contributed by atoms with Crippen LogP contribution in [0.3, 0.4) is 0 Å². The minimum Gasteiger partial charge on any atom is -0.494 e. The molecular formula is C20H25FN2O3S. The number of sulfonamides is 1. The van der Waals surface area contributed by atoms with Crippen molar-refractivity contribution in [2.45, 2.75) is 19.2 Å². The highest BCUT2D eigenvalue weighted by Crippen LogP contribution is 2.17. The molecule has 2 aromatic rings. The Morgan fingerprint density at radius 3 is 2.33 bits per heavy atom. The Bertz CT molecular complexity index is 848. The van der Waals surface area contributed by atoms with Gasteiger partial charge in [0.1, 0.15) is 11.6 Å². The Balaban J connectivity index is 1.53. The first-order valence-corrected chi connectivity index (χ1v) is 10.7. The van der Waals surface area contributed by atoms with Crippen LogP contribution in [0.25, 0.3) is 0 Å². The highest BCUT2D eigenvalue weighted by molar-refractivity contribution is 7.88. The van der Waals surface area contributed by atoms with E-state index in [0.717, 1.165) is 12.3 Å². The lowest BCUT2D eigenvalue weighted by Gasteiger charge is -2.34. The number of nitrogens with zero attached hydrogens (tertiary/aromatic N) is 2. The Hall–Kier alpha value is -1.96. The molecule has 2 aromatic carbocycles. The minimum atomic E-state index is -3.44. The average Bonchev–Trinajstić information content (AvgIpc) is 2.64. The molecule has 1 aliphatic heterocycles. The third kappa shape index (κ3) is 5.51. The van der Waals surface area contributed by atoms with E-state index in [0.29, 0.717) is 38.3 Å². The van der Waals surface area contributed by atoms with Gasteiger partial charge in [0, 0.05) is 32.7 Å². The zero-order valence-electron chi connectivity index (χ0n) is 15.5. The van der Waals surface area contributed by atoms with E-state index in [1.807, 2.05) is 31.2 Å². The Morgan fingerprint density at radius 2 is 1.70 bits per heavy atom. The number of halogens is 1. The Morgan fingerprint density at radius 1 is 1.00 bits per heavy atom. The van der Waals surface area contributed by atoms with Crippen molar-refractivity contribution in [3.8, 4) is 5.75 Å². The van der Waals surface area contributed by atoms with Crippen molar-refractivity contribution in [1.29, 1.82) is 0 Å². The third-order valence-corrected chi connectivity index (χ3v) is 6.45. The SMILES string of the molecule is CCOc1ccc(CN2CCN(S(=O)(=O)Cc3cccc(F)c3)CC2)cc1. The van der Waals surface area contributed by atoms with Gasteiger partial charge in [-0.3, -0.25) is 4.90 Å². The van der Waals surface area contributed by atoms with Crippen LogP contribution in [0.15, 0.2) is 48.5 Å². The lowest BCUT2D eigenvalue weighted by molar-refractivity contribution is 0.181. The van der Waals surface area contributed by atoms with Crippen LogP contribution < -0.4 is 4.74 Å². The maximum Gasteiger partial charge on any atom is 0.218 e. The summed E-state index contributed by atoms with van der Waals surface area (Å²) in [6.45, 7) is 5.64. The molecule has 27 heavy (non-hydrogen) atoms. The van der Waals surface area contributed by atoms with Gasteiger partial charge < -0.3 is 4.74 Å². The maximum absolute atomic E-state index is 13.3. The van der Waals surface area contributed by atoms with Crippen molar-refractivity contribution in [2.24, 2.45) is 0 Å². The first-order chi connectivity index (χ1) is 13.0. The van der Waals surface area contributed by atoms with E-state index in [9.17, 15) is 12.8 Å². The minimum absolute atomic E-state index is 0.163. The molecule has 146 valence electrons. The lowest BCUT2D eigenvalue weighted by Crippen LogP contribution is -2.48. The molecule has 0 bridgehead atoms. The van der Waals surface area contributed by atoms with E-state index in [-0.39, 0.29) is 5.75 Å². The van der Waals surface area contributed by atoms with Crippen molar-refractivity contribution >= 4 is 10.0 Å². The third-order valence-electron chi connectivity index (χ3n) is 4.60. The van der Waals surface area contributed by atoms with E-state index in [2.05, 4.69) is 4.90 Å². The van der Waals surface area contributed by atoms with Crippen molar-refractivity contribution < 1.29 is 17.5 Å². The summed E-state index contributed by atoms with van der Waals surface area (Å²) in [7, 11) is -3.44. The van der Waals surface area contributed by atoms with E-state index in [4.69, 9.17) is 4.74 Å². The van der Waals surface area contributed by atoms with Crippen LogP contribution in [0.5, 0.6) is 5.75 Å². The zero-order chi connectivity index (χ0) is 19.3. The van der Waals surface area contributed by atoms with Gasteiger partial charge in [-0.1, -0.05) is 24.3 Å². The molecule has 0 radical (unpaired) electrons. The van der Waals surface area contributed by atoms with Crippen molar-refractivity contribution in [3.63, 3.8) is 0 Å². The second-order valence-electron chi connectivity index (χ2n) is 6.64. The van der Waals surface area contributed by atoms with Gasteiger partial charge in [-0.25, -0.2) is 12.8 Å². The summed E-state index contributed by atoms with van der Waals surface area (Å²) in [5.74, 6) is 0.279. The number of benzene rings is 2. The molecule has 0 atom stereocenters. The molecule has 0 amide bonds. The molecule has 0 aliphatic carbocycles. The highest BCUT2D eigenvalue weighted by Gasteiger charge is 2.27. The van der Waals surface area contributed by atoms with Gasteiger partial charge in [0.2, 0.25) is 10.0 Å². The van der Waals surface area contributed by atoms with E-state index in [1.165, 1.54) is 28.1 Å². The van der Waals surface area contributed by atoms with Crippen LogP contribution in [0, 0.1) is 5.82 Å². The zero-order valence-corrected chi connectivity index (χ0v) is 16.3. The summed E-state index contributed by atoms with van der Waals surface area (Å²) in [5.41, 5.74) is 1.65. The van der Waals surface area contributed by atoms with Crippen LogP contribution >= 0.6 is 0 Å². The molecule has 0 unspecified atom stereocenters. The number of rotatable bonds is 7. The first kappa shape index (κ1) is 19.8. The summed E-state index contributed by atoms with van der Waals surface area (Å²) >= 11 is 0. The van der Waals surface area contributed by atoms with Crippen molar-refractivity contribution in [2.75, 3.05) is 32.8 Å². The maximum atomic E-state index is 13.3. The summed E-state index contributed by atoms with van der Waals surface area (Å²) in [6, 6.07) is 13.8. The second-order valence-corrected chi connectivity index (χ2v) is 8.61. The highest BCUT2D eigenvalue weighted by atomic mass is 32.2. The molecule has 0 saturated carbocycles. The molecule has 0 N–H and O–H groups in total. The summed E-state index contributed by atoms with van der Waals surface area (Å²) in [6.07, 6.45) is 0. The van der Waals surface area contributed by atoms with Crippen LogP contribution in [0.4, 0.5) is 4.39 Å².